The van der Waals surface area contributed by atoms with Crippen LogP contribution in [0.1, 0.15) is 39.5 Å². The van der Waals surface area contributed by atoms with Crippen LogP contribution in [0.25, 0.3) is 0 Å². The third kappa shape index (κ3) is 5.96. The molecule has 2 heteroatoms. The Morgan fingerprint density at radius 1 is 1.42 bits per heavy atom. The molecular formula is C10H18O2. The zero-order valence-corrected chi connectivity index (χ0v) is 8.22. The second-order valence-corrected chi connectivity index (χ2v) is 2.97. The maximum absolute atomic E-state index is 10.8. The summed E-state index contributed by atoms with van der Waals surface area (Å²) in [6.07, 6.45) is 6.17. The fourth-order valence-corrected chi connectivity index (χ4v) is 0.986. The normalized spacial score (nSPS) is 11.4. The van der Waals surface area contributed by atoms with Gasteiger partial charge in [0.05, 0.1) is 7.11 Å². The van der Waals surface area contributed by atoms with Gasteiger partial charge in [0.15, 0.2) is 0 Å². The molecule has 0 aliphatic heterocycles. The van der Waals surface area contributed by atoms with Gasteiger partial charge in [0.25, 0.3) is 0 Å². The third-order valence-corrected chi connectivity index (χ3v) is 1.74. The van der Waals surface area contributed by atoms with Crippen LogP contribution in [0.5, 0.6) is 0 Å². The Balaban J connectivity index is 3.62. The lowest BCUT2D eigenvalue weighted by Crippen LogP contribution is -1.95. The number of hydrogen-bond acceptors (Lipinski definition) is 2. The van der Waals surface area contributed by atoms with Crippen LogP contribution < -0.4 is 0 Å². The summed E-state index contributed by atoms with van der Waals surface area (Å²) in [6.45, 7) is 4.13. The van der Waals surface area contributed by atoms with Gasteiger partial charge in [0.2, 0.25) is 0 Å². The molecule has 12 heavy (non-hydrogen) atoms. The van der Waals surface area contributed by atoms with E-state index in [-0.39, 0.29) is 5.97 Å². The first-order valence-electron chi connectivity index (χ1n) is 4.45. The summed E-state index contributed by atoms with van der Waals surface area (Å²) in [5.74, 6) is -0.246. The van der Waals surface area contributed by atoms with Crippen molar-refractivity contribution < 1.29 is 9.53 Å². The minimum absolute atomic E-state index is 0.246. The van der Waals surface area contributed by atoms with E-state index in [9.17, 15) is 4.79 Å². The number of carbonyl (C=O) groups excluding carboxylic acids is 1. The molecule has 0 radical (unpaired) electrons. The molecule has 0 amide bonds. The molecule has 2 nitrogen and oxygen atoms in total. The van der Waals surface area contributed by atoms with Crippen LogP contribution in [-0.2, 0) is 9.53 Å². The molecule has 0 saturated heterocycles. The summed E-state index contributed by atoms with van der Waals surface area (Å²) in [5, 5.41) is 0. The van der Waals surface area contributed by atoms with Crippen LogP contribution in [0.4, 0.5) is 0 Å². The van der Waals surface area contributed by atoms with Crippen LogP contribution >= 0.6 is 0 Å². The van der Waals surface area contributed by atoms with Crippen molar-refractivity contribution in [1.82, 2.24) is 0 Å². The van der Waals surface area contributed by atoms with Crippen molar-refractivity contribution in [3.8, 4) is 0 Å². The highest BCUT2D eigenvalue weighted by atomic mass is 16.5. The van der Waals surface area contributed by atoms with Gasteiger partial charge in [0.1, 0.15) is 0 Å². The Bertz CT molecular complexity index is 159. The fraction of sp³-hybridized carbons (Fsp3) is 0.700. The molecule has 70 valence electrons. The van der Waals surface area contributed by atoms with E-state index in [1.807, 2.05) is 6.92 Å². The molecule has 0 heterocycles. The molecule has 0 N–H and O–H groups in total. The number of unbranched alkanes of at least 4 members (excludes halogenated alkanes) is 2. The van der Waals surface area contributed by atoms with E-state index in [0.717, 1.165) is 18.4 Å². The number of ether oxygens (including phenoxy) is 1. The lowest BCUT2D eigenvalue weighted by atomic mass is 10.1. The summed E-state index contributed by atoms with van der Waals surface area (Å²) in [5.41, 5.74) is 1.11. The first kappa shape index (κ1) is 11.2. The van der Waals surface area contributed by atoms with Gasteiger partial charge in [-0.05, 0) is 19.8 Å². The predicted octanol–water partition coefficient (Wildman–Crippen LogP) is 2.69. The zero-order chi connectivity index (χ0) is 9.40. The third-order valence-electron chi connectivity index (χ3n) is 1.74. The van der Waals surface area contributed by atoms with Gasteiger partial charge < -0.3 is 4.74 Å². The smallest absolute Gasteiger partial charge is 0.330 e. The second kappa shape index (κ2) is 6.89. The Morgan fingerprint density at radius 2 is 2.08 bits per heavy atom. The SMILES string of the molecule is CCCCC/C(C)=C/C(=O)OC. The maximum Gasteiger partial charge on any atom is 0.330 e. The van der Waals surface area contributed by atoms with Crippen molar-refractivity contribution in [1.29, 1.82) is 0 Å². The summed E-state index contributed by atoms with van der Waals surface area (Å²) in [6, 6.07) is 0. The Hall–Kier alpha value is -0.790. The molecule has 0 unspecified atom stereocenters. The topological polar surface area (TPSA) is 26.3 Å². The number of esters is 1. The van der Waals surface area contributed by atoms with Crippen molar-refractivity contribution in [2.24, 2.45) is 0 Å². The Kier molecular flexibility index (Phi) is 6.44. The van der Waals surface area contributed by atoms with Gasteiger partial charge in [0, 0.05) is 6.08 Å². The second-order valence-electron chi connectivity index (χ2n) is 2.97. The minimum atomic E-state index is -0.246. The first-order chi connectivity index (χ1) is 5.70. The molecule has 0 atom stereocenters. The van der Waals surface area contributed by atoms with Crippen molar-refractivity contribution in [2.45, 2.75) is 39.5 Å². The zero-order valence-electron chi connectivity index (χ0n) is 8.22. The van der Waals surface area contributed by atoms with Crippen LogP contribution in [-0.4, -0.2) is 13.1 Å². The monoisotopic (exact) mass is 170 g/mol. The van der Waals surface area contributed by atoms with E-state index in [1.54, 1.807) is 6.08 Å². The largest absolute Gasteiger partial charge is 0.466 e. The molecule has 0 aliphatic carbocycles. The lowest BCUT2D eigenvalue weighted by Gasteiger charge is -1.99. The van der Waals surface area contributed by atoms with E-state index in [4.69, 9.17) is 0 Å². The van der Waals surface area contributed by atoms with E-state index in [1.165, 1.54) is 20.0 Å². The minimum Gasteiger partial charge on any atom is -0.466 e. The molecule has 0 aromatic heterocycles. The first-order valence-corrected chi connectivity index (χ1v) is 4.45. The molecule has 0 saturated carbocycles. The lowest BCUT2D eigenvalue weighted by molar-refractivity contribution is -0.134. The molecule has 0 rings (SSSR count). The van der Waals surface area contributed by atoms with Gasteiger partial charge in [-0.1, -0.05) is 25.3 Å². The molecule has 0 spiro atoms. The maximum atomic E-state index is 10.8. The predicted molar refractivity (Wildman–Crippen MR) is 49.9 cm³/mol. The van der Waals surface area contributed by atoms with Crippen LogP contribution in [0.3, 0.4) is 0 Å². The van der Waals surface area contributed by atoms with Gasteiger partial charge in [-0.25, -0.2) is 4.79 Å². The van der Waals surface area contributed by atoms with E-state index < -0.39 is 0 Å². The van der Waals surface area contributed by atoms with Gasteiger partial charge in [-0.15, -0.1) is 0 Å². The Morgan fingerprint density at radius 3 is 2.58 bits per heavy atom. The standard InChI is InChI=1S/C10H18O2/c1-4-5-6-7-9(2)8-10(11)12-3/h8H,4-7H2,1-3H3/b9-8+. The number of allylic oxidation sites excluding steroid dienone is 1. The van der Waals surface area contributed by atoms with Crippen molar-refractivity contribution in [3.63, 3.8) is 0 Å². The summed E-state index contributed by atoms with van der Waals surface area (Å²) >= 11 is 0. The molecule has 0 aliphatic rings. The average Bonchev–Trinajstić information content (AvgIpc) is 2.05. The van der Waals surface area contributed by atoms with E-state index >= 15 is 0 Å². The van der Waals surface area contributed by atoms with Crippen LogP contribution in [0.2, 0.25) is 0 Å². The summed E-state index contributed by atoms with van der Waals surface area (Å²) in [4.78, 5) is 10.8. The Labute approximate surface area is 74.6 Å². The highest BCUT2D eigenvalue weighted by molar-refractivity contribution is 5.82. The van der Waals surface area contributed by atoms with E-state index in [2.05, 4.69) is 11.7 Å². The molecule has 0 bridgehead atoms. The number of methoxy groups -OCH3 is 1. The van der Waals surface area contributed by atoms with Gasteiger partial charge in [-0.2, -0.15) is 0 Å². The van der Waals surface area contributed by atoms with Crippen LogP contribution in [0, 0.1) is 0 Å². The van der Waals surface area contributed by atoms with Gasteiger partial charge in [-0.3, -0.25) is 0 Å². The van der Waals surface area contributed by atoms with Crippen molar-refractivity contribution in [2.75, 3.05) is 7.11 Å². The quantitative estimate of drug-likeness (QED) is 0.360. The molecular weight excluding hydrogens is 152 g/mol. The van der Waals surface area contributed by atoms with Gasteiger partial charge >= 0.3 is 5.97 Å². The van der Waals surface area contributed by atoms with Crippen molar-refractivity contribution in [3.05, 3.63) is 11.6 Å². The highest BCUT2D eigenvalue weighted by Crippen LogP contribution is 2.07. The van der Waals surface area contributed by atoms with E-state index in [0.29, 0.717) is 0 Å². The number of rotatable bonds is 5. The summed E-state index contributed by atoms with van der Waals surface area (Å²) in [7, 11) is 1.40. The number of carbonyl (C=O) groups is 1. The summed E-state index contributed by atoms with van der Waals surface area (Å²) < 4.78 is 4.51. The molecule has 0 aromatic carbocycles. The molecule has 0 aromatic rings. The highest BCUT2D eigenvalue weighted by Gasteiger charge is 1.95. The van der Waals surface area contributed by atoms with Crippen LogP contribution in [0.15, 0.2) is 11.6 Å². The van der Waals surface area contributed by atoms with Crippen molar-refractivity contribution >= 4 is 5.97 Å². The fourth-order valence-electron chi connectivity index (χ4n) is 0.986. The average molecular weight is 170 g/mol. The molecule has 0 fully saturated rings. The number of hydrogen-bond donors (Lipinski definition) is 0.